The molecule has 0 radical (unpaired) electrons. The topological polar surface area (TPSA) is 223 Å². The van der Waals surface area contributed by atoms with Crippen LogP contribution in [0.2, 0.25) is 0 Å². The average Bonchev–Trinajstić information content (AvgIpc) is 2.79. The number of nitrogens with zero attached hydrogens (tertiary/aromatic N) is 1. The van der Waals surface area contributed by atoms with Gasteiger partial charge in [-0.2, -0.15) is 0 Å². The molecule has 17 heteroatoms. The van der Waals surface area contributed by atoms with Crippen molar-refractivity contribution in [2.75, 3.05) is 42.8 Å². The number of hydrogen-bond donors (Lipinski definition) is 8. The zero-order chi connectivity index (χ0) is 27.6. The van der Waals surface area contributed by atoms with Crippen molar-refractivity contribution in [3.8, 4) is 0 Å². The van der Waals surface area contributed by atoms with Crippen LogP contribution in [-0.4, -0.2) is 85.6 Å². The van der Waals surface area contributed by atoms with Crippen LogP contribution in [-0.2, 0) is 25.1 Å². The third kappa shape index (κ3) is 9.90. The third-order valence-electron chi connectivity index (χ3n) is 5.17. The van der Waals surface area contributed by atoms with Gasteiger partial charge in [0, 0.05) is 43.5 Å². The first-order valence-electron chi connectivity index (χ1n) is 10.8. The van der Waals surface area contributed by atoms with Gasteiger partial charge < -0.3 is 45.9 Å². The summed E-state index contributed by atoms with van der Waals surface area (Å²) in [5.41, 5.74) is 7.64. The van der Waals surface area contributed by atoms with Crippen LogP contribution in [0, 0.1) is 0 Å². The van der Waals surface area contributed by atoms with Gasteiger partial charge in [-0.15, -0.1) is 23.2 Å². The van der Waals surface area contributed by atoms with Crippen LogP contribution in [0.3, 0.4) is 0 Å². The smallest absolute Gasteiger partial charge is 0.369 e. The SMILES string of the molecule is N[C@@H](Cc1ccc(N(CCCl)CCCl)cc1)C(=O)NCC(=O)NCCCC(O)(P(=O)(O)O)P(=O)(O)O. The van der Waals surface area contributed by atoms with Crippen LogP contribution in [0.5, 0.6) is 0 Å². The van der Waals surface area contributed by atoms with E-state index in [1.54, 1.807) is 0 Å². The van der Waals surface area contributed by atoms with Crippen molar-refractivity contribution in [3.63, 3.8) is 0 Å². The Morgan fingerprint density at radius 1 is 1.00 bits per heavy atom. The monoisotopic (exact) mass is 592 g/mol. The van der Waals surface area contributed by atoms with Crippen LogP contribution < -0.4 is 21.3 Å². The maximum atomic E-state index is 12.2. The molecule has 0 spiro atoms. The second-order valence-corrected chi connectivity index (χ2v) is 12.6. The highest BCUT2D eigenvalue weighted by atomic mass is 35.5. The van der Waals surface area contributed by atoms with E-state index in [0.717, 1.165) is 11.3 Å². The van der Waals surface area contributed by atoms with Crippen molar-refractivity contribution in [1.29, 1.82) is 0 Å². The fourth-order valence-electron chi connectivity index (χ4n) is 3.14. The van der Waals surface area contributed by atoms with Gasteiger partial charge in [-0.3, -0.25) is 18.7 Å². The Morgan fingerprint density at radius 3 is 2.00 bits per heavy atom. The molecule has 0 aromatic heterocycles. The summed E-state index contributed by atoms with van der Waals surface area (Å²) < 4.78 is 22.6. The van der Waals surface area contributed by atoms with Gasteiger partial charge in [0.2, 0.25) is 11.8 Å². The molecule has 36 heavy (non-hydrogen) atoms. The third-order valence-corrected chi connectivity index (χ3v) is 9.38. The molecule has 9 N–H and O–H groups in total. The second kappa shape index (κ2) is 14.6. The molecular formula is C19H32Cl2N4O9P2. The maximum Gasteiger partial charge on any atom is 0.369 e. The van der Waals surface area contributed by atoms with Gasteiger partial charge in [0.05, 0.1) is 12.6 Å². The molecule has 1 aromatic rings. The molecule has 1 aromatic carbocycles. The molecule has 2 amide bonds. The minimum Gasteiger partial charge on any atom is -0.369 e. The molecule has 0 bridgehead atoms. The summed E-state index contributed by atoms with van der Waals surface area (Å²) in [7, 11) is -11.1. The minimum atomic E-state index is -5.56. The number of carbonyl (C=O) groups excluding carboxylic acids is 2. The Hall–Kier alpha value is -1.24. The quantitative estimate of drug-likeness (QED) is 0.0715. The molecule has 0 aliphatic rings. The van der Waals surface area contributed by atoms with E-state index in [1.165, 1.54) is 0 Å². The molecule has 0 saturated heterocycles. The molecule has 0 aliphatic carbocycles. The number of carbonyl (C=O) groups is 2. The van der Waals surface area contributed by atoms with E-state index < -0.39 is 51.1 Å². The molecule has 0 heterocycles. The fraction of sp³-hybridized carbons (Fsp3) is 0.579. The Morgan fingerprint density at radius 2 is 1.53 bits per heavy atom. The number of aliphatic hydroxyl groups is 1. The standard InChI is InChI=1S/C19H32Cl2N4O9P2/c20-7-10-25(11-8-21)15-4-2-14(3-5-15)12-16(22)18(27)24-13-17(26)23-9-1-6-19(28,35(29,30)31)36(32,33)34/h2-5,16,28H,1,6-13,22H2,(H,23,26)(H,24,27)(H2,29,30,31)(H2,32,33,34)/t16-/m0/s1. The molecule has 0 unspecified atom stereocenters. The summed E-state index contributed by atoms with van der Waals surface area (Å²) in [6.45, 7) is 0.552. The van der Waals surface area contributed by atoms with Crippen LogP contribution >= 0.6 is 38.4 Å². The number of alkyl halides is 2. The van der Waals surface area contributed by atoms with E-state index in [4.69, 9.17) is 48.5 Å². The lowest BCUT2D eigenvalue weighted by molar-refractivity contribution is -0.126. The highest BCUT2D eigenvalue weighted by molar-refractivity contribution is 7.72. The predicted molar refractivity (Wildman–Crippen MR) is 136 cm³/mol. The van der Waals surface area contributed by atoms with Crippen molar-refractivity contribution in [3.05, 3.63) is 29.8 Å². The molecule has 13 nitrogen and oxygen atoms in total. The van der Waals surface area contributed by atoms with Crippen molar-refractivity contribution in [1.82, 2.24) is 10.6 Å². The molecule has 0 aliphatic heterocycles. The molecule has 206 valence electrons. The predicted octanol–water partition coefficient (Wildman–Crippen LogP) is -0.146. The molecule has 0 fully saturated rings. The number of halogens is 2. The second-order valence-electron chi connectivity index (χ2n) is 7.88. The van der Waals surface area contributed by atoms with Crippen molar-refractivity contribution >= 4 is 55.9 Å². The van der Waals surface area contributed by atoms with Crippen LogP contribution in [0.15, 0.2) is 24.3 Å². The first-order chi connectivity index (χ1) is 16.7. The lowest BCUT2D eigenvalue weighted by Gasteiger charge is -2.29. The van der Waals surface area contributed by atoms with E-state index in [2.05, 4.69) is 10.6 Å². The lowest BCUT2D eigenvalue weighted by Crippen LogP contribution is -2.46. The summed E-state index contributed by atoms with van der Waals surface area (Å²) in [4.78, 5) is 62.4. The average molecular weight is 593 g/mol. The molecule has 1 rings (SSSR count). The van der Waals surface area contributed by atoms with Crippen molar-refractivity contribution in [2.45, 2.75) is 30.4 Å². The van der Waals surface area contributed by atoms with E-state index in [9.17, 15) is 23.8 Å². The van der Waals surface area contributed by atoms with Crippen LogP contribution in [0.25, 0.3) is 0 Å². The summed E-state index contributed by atoms with van der Waals surface area (Å²) in [5.74, 6) is -0.368. The van der Waals surface area contributed by atoms with Gasteiger partial charge in [-0.05, 0) is 30.5 Å². The van der Waals surface area contributed by atoms with E-state index in [0.29, 0.717) is 24.8 Å². The van der Waals surface area contributed by atoms with Gasteiger partial charge in [0.15, 0.2) is 0 Å². The van der Waals surface area contributed by atoms with Gasteiger partial charge in [0.25, 0.3) is 5.08 Å². The van der Waals surface area contributed by atoms with Gasteiger partial charge >= 0.3 is 15.2 Å². The molecule has 0 saturated carbocycles. The molecular weight excluding hydrogens is 561 g/mol. The number of amides is 2. The number of nitrogens with one attached hydrogen (secondary N) is 2. The summed E-state index contributed by atoms with van der Waals surface area (Å²) in [5, 5.41) is 10.9. The Labute approximate surface area is 218 Å². The zero-order valence-electron chi connectivity index (χ0n) is 19.3. The number of benzene rings is 1. The Bertz CT molecular complexity index is 931. The number of anilines is 1. The highest BCUT2D eigenvalue weighted by Crippen LogP contribution is 2.69. The Balaban J connectivity index is 2.48. The summed E-state index contributed by atoms with van der Waals surface area (Å²) in [6, 6.07) is 6.44. The normalized spacial score (nSPS) is 13.2. The van der Waals surface area contributed by atoms with Gasteiger partial charge in [-0.25, -0.2) is 0 Å². The van der Waals surface area contributed by atoms with E-state index in [1.807, 2.05) is 29.2 Å². The first kappa shape index (κ1) is 32.8. The molecule has 1 atom stereocenters. The summed E-state index contributed by atoms with van der Waals surface area (Å²) in [6.07, 6.45) is -1.11. The first-order valence-corrected chi connectivity index (χ1v) is 15.0. The fourth-order valence-corrected chi connectivity index (χ4v) is 5.80. The van der Waals surface area contributed by atoms with Crippen molar-refractivity contribution in [2.24, 2.45) is 5.73 Å². The Kier molecular flexibility index (Phi) is 13.3. The van der Waals surface area contributed by atoms with Crippen LogP contribution in [0.1, 0.15) is 18.4 Å². The summed E-state index contributed by atoms with van der Waals surface area (Å²) >= 11 is 11.6. The minimum absolute atomic E-state index is 0.210. The van der Waals surface area contributed by atoms with Crippen LogP contribution in [0.4, 0.5) is 5.69 Å². The maximum absolute atomic E-state index is 12.2. The zero-order valence-corrected chi connectivity index (χ0v) is 22.6. The number of hydrogen-bond acceptors (Lipinski definition) is 7. The highest BCUT2D eigenvalue weighted by Gasteiger charge is 2.58. The van der Waals surface area contributed by atoms with E-state index >= 15 is 0 Å². The largest absolute Gasteiger partial charge is 0.369 e. The van der Waals surface area contributed by atoms with Gasteiger partial charge in [0.1, 0.15) is 0 Å². The number of rotatable bonds is 16. The van der Waals surface area contributed by atoms with Gasteiger partial charge in [-0.1, -0.05) is 12.1 Å². The van der Waals surface area contributed by atoms with E-state index in [-0.39, 0.29) is 19.4 Å². The number of nitrogens with two attached hydrogens (primary N) is 1. The lowest BCUT2D eigenvalue weighted by atomic mass is 10.1. The van der Waals surface area contributed by atoms with Crippen molar-refractivity contribution < 1.29 is 43.4 Å².